The third-order valence-corrected chi connectivity index (χ3v) is 6.45. The van der Waals surface area contributed by atoms with Gasteiger partial charge in [-0.3, -0.25) is 9.88 Å². The van der Waals surface area contributed by atoms with Crippen LogP contribution in [-0.4, -0.2) is 56.1 Å². The van der Waals surface area contributed by atoms with Gasteiger partial charge in [-0.05, 0) is 42.0 Å². The maximum absolute atomic E-state index is 14.0. The zero-order chi connectivity index (χ0) is 27.6. The van der Waals surface area contributed by atoms with Crippen LogP contribution < -0.4 is 28.8 Å². The van der Waals surface area contributed by atoms with Gasteiger partial charge in [-0.15, -0.1) is 0 Å². The van der Waals surface area contributed by atoms with Crippen LogP contribution in [0.5, 0.6) is 28.7 Å². The number of fused-ring (bicyclic) bond motifs is 1. The van der Waals surface area contributed by atoms with E-state index in [9.17, 15) is 19.1 Å². The Morgan fingerprint density at radius 2 is 1.47 bits per heavy atom. The molecule has 0 aliphatic heterocycles. The molecule has 0 unspecified atom stereocenters. The second-order valence-electron chi connectivity index (χ2n) is 8.10. The van der Waals surface area contributed by atoms with Gasteiger partial charge in [0.1, 0.15) is 11.5 Å². The van der Waals surface area contributed by atoms with Crippen LogP contribution in [-0.2, 0) is 4.57 Å². The van der Waals surface area contributed by atoms with Gasteiger partial charge >= 0.3 is 7.75 Å². The van der Waals surface area contributed by atoms with Crippen molar-refractivity contribution in [3.8, 4) is 39.9 Å². The van der Waals surface area contributed by atoms with Crippen LogP contribution in [0.25, 0.3) is 22.0 Å². The number of aromatic amines is 1. The SMILES string of the molecule is COc1ccc2c(-c3ccc(OC)c(NP(=O)(O)O)c3)c(C(=O)c3cc(OC)c(OC)c(OC)c3)[nH]c2c1. The Labute approximate surface area is 218 Å². The van der Waals surface area contributed by atoms with E-state index in [0.29, 0.717) is 45.0 Å². The highest BCUT2D eigenvalue weighted by atomic mass is 31.2. The Morgan fingerprint density at radius 3 is 2.03 bits per heavy atom. The van der Waals surface area contributed by atoms with Gasteiger partial charge in [0, 0.05) is 22.6 Å². The molecule has 12 heteroatoms. The van der Waals surface area contributed by atoms with E-state index in [1.807, 2.05) is 0 Å². The molecule has 3 aromatic carbocycles. The summed E-state index contributed by atoms with van der Waals surface area (Å²) in [6, 6.07) is 13.2. The number of ketones is 1. The van der Waals surface area contributed by atoms with E-state index in [-0.39, 0.29) is 28.5 Å². The Hall–Kier alpha value is -4.18. The highest BCUT2D eigenvalue weighted by molar-refractivity contribution is 7.53. The van der Waals surface area contributed by atoms with Crippen molar-refractivity contribution < 1.29 is 42.8 Å². The fraction of sp³-hybridized carbons (Fsp3) is 0.192. The number of aromatic nitrogens is 1. The summed E-state index contributed by atoms with van der Waals surface area (Å²) in [6.45, 7) is 0. The normalized spacial score (nSPS) is 11.2. The Kier molecular flexibility index (Phi) is 7.54. The van der Waals surface area contributed by atoms with Crippen molar-refractivity contribution >= 4 is 30.1 Å². The molecule has 0 spiro atoms. The molecule has 4 N–H and O–H groups in total. The van der Waals surface area contributed by atoms with Crippen molar-refractivity contribution in [1.82, 2.24) is 4.98 Å². The van der Waals surface area contributed by atoms with Crippen LogP contribution in [0, 0.1) is 0 Å². The third kappa shape index (κ3) is 5.12. The minimum absolute atomic E-state index is 0.0624. The monoisotopic (exact) mass is 542 g/mol. The minimum Gasteiger partial charge on any atom is -0.497 e. The number of nitrogens with one attached hydrogen (secondary N) is 2. The number of H-pyrrole nitrogens is 1. The number of benzene rings is 3. The average Bonchev–Trinajstić information content (AvgIpc) is 3.29. The summed E-state index contributed by atoms with van der Waals surface area (Å²) < 4.78 is 38.5. The Morgan fingerprint density at radius 1 is 0.816 bits per heavy atom. The van der Waals surface area contributed by atoms with Gasteiger partial charge < -0.3 is 38.5 Å². The molecule has 0 bridgehead atoms. The van der Waals surface area contributed by atoms with Gasteiger partial charge in [-0.25, -0.2) is 4.57 Å². The van der Waals surface area contributed by atoms with Crippen molar-refractivity contribution in [2.24, 2.45) is 0 Å². The topological polar surface area (TPSA) is 149 Å². The van der Waals surface area contributed by atoms with Gasteiger partial charge in [0.25, 0.3) is 0 Å². The van der Waals surface area contributed by atoms with E-state index >= 15 is 0 Å². The lowest BCUT2D eigenvalue weighted by atomic mass is 9.96. The van der Waals surface area contributed by atoms with Crippen molar-refractivity contribution in [3.63, 3.8) is 0 Å². The number of ether oxygens (including phenoxy) is 5. The molecule has 0 radical (unpaired) electrons. The summed E-state index contributed by atoms with van der Waals surface area (Å²) in [5.74, 6) is 1.39. The van der Waals surface area contributed by atoms with E-state index in [1.54, 1.807) is 42.5 Å². The molecule has 11 nitrogen and oxygen atoms in total. The number of methoxy groups -OCH3 is 5. The minimum atomic E-state index is -4.65. The van der Waals surface area contributed by atoms with Crippen LogP contribution in [0.1, 0.15) is 16.1 Å². The second-order valence-corrected chi connectivity index (χ2v) is 9.41. The van der Waals surface area contributed by atoms with Gasteiger partial charge in [-0.1, -0.05) is 6.07 Å². The first-order valence-corrected chi connectivity index (χ1v) is 12.8. The molecule has 0 aliphatic rings. The highest BCUT2D eigenvalue weighted by Crippen LogP contribution is 2.44. The number of hydrogen-bond donors (Lipinski definition) is 4. The maximum Gasteiger partial charge on any atom is 0.427 e. The highest BCUT2D eigenvalue weighted by Gasteiger charge is 2.25. The lowest BCUT2D eigenvalue weighted by Crippen LogP contribution is -2.06. The summed E-state index contributed by atoms with van der Waals surface area (Å²) >= 11 is 0. The van der Waals surface area contributed by atoms with Crippen LogP contribution in [0.15, 0.2) is 48.5 Å². The molecular weight excluding hydrogens is 515 g/mol. The van der Waals surface area contributed by atoms with Gasteiger partial charge in [0.05, 0.1) is 52.4 Å². The largest absolute Gasteiger partial charge is 0.497 e. The molecule has 38 heavy (non-hydrogen) atoms. The first-order valence-electron chi connectivity index (χ1n) is 11.2. The van der Waals surface area contributed by atoms with Gasteiger partial charge in [0.15, 0.2) is 11.5 Å². The van der Waals surface area contributed by atoms with E-state index < -0.39 is 7.75 Å². The maximum atomic E-state index is 14.0. The molecule has 0 fully saturated rings. The number of carbonyl (C=O) groups excluding carboxylic acids is 1. The van der Waals surface area contributed by atoms with Gasteiger partial charge in [0.2, 0.25) is 11.5 Å². The summed E-state index contributed by atoms with van der Waals surface area (Å²) in [6.07, 6.45) is 0. The second kappa shape index (κ2) is 10.7. The average molecular weight is 542 g/mol. The van der Waals surface area contributed by atoms with E-state index in [1.165, 1.54) is 41.6 Å². The van der Waals surface area contributed by atoms with Crippen LogP contribution >= 0.6 is 7.75 Å². The molecule has 0 saturated carbocycles. The lowest BCUT2D eigenvalue weighted by molar-refractivity contribution is 0.103. The molecule has 200 valence electrons. The molecule has 4 aromatic rings. The smallest absolute Gasteiger partial charge is 0.427 e. The summed E-state index contributed by atoms with van der Waals surface area (Å²) in [5.41, 5.74) is 2.20. The molecule has 0 atom stereocenters. The number of rotatable bonds is 10. The molecule has 1 aromatic heterocycles. The standard InChI is InChI=1S/C26H27N2O9P/c1-33-16-7-8-17-18(13-16)27-24(25(29)15-11-21(35-3)26(37-5)22(12-15)36-4)23(17)14-6-9-20(34-2)19(10-14)28-38(30,31)32/h6-13,27H,1-5H3,(H3,28,30,31,32). The summed E-state index contributed by atoms with van der Waals surface area (Å²) in [7, 11) is 2.66. The zero-order valence-corrected chi connectivity index (χ0v) is 22.2. The fourth-order valence-electron chi connectivity index (χ4n) is 4.24. The molecule has 1 heterocycles. The summed E-state index contributed by atoms with van der Waals surface area (Å²) in [5, 5.41) is 2.86. The van der Waals surface area contributed by atoms with E-state index in [0.717, 1.165) is 0 Å². The lowest BCUT2D eigenvalue weighted by Gasteiger charge is -2.15. The molecule has 4 rings (SSSR count). The predicted molar refractivity (Wildman–Crippen MR) is 142 cm³/mol. The van der Waals surface area contributed by atoms with Crippen molar-refractivity contribution in [3.05, 3.63) is 59.8 Å². The van der Waals surface area contributed by atoms with Crippen LogP contribution in [0.2, 0.25) is 0 Å². The Balaban J connectivity index is 1.97. The molecular formula is C26H27N2O9P. The first-order chi connectivity index (χ1) is 18.1. The molecule has 0 saturated heterocycles. The zero-order valence-electron chi connectivity index (χ0n) is 21.3. The van der Waals surface area contributed by atoms with Crippen molar-refractivity contribution in [1.29, 1.82) is 0 Å². The van der Waals surface area contributed by atoms with E-state index in [2.05, 4.69) is 10.1 Å². The van der Waals surface area contributed by atoms with Crippen LogP contribution in [0.4, 0.5) is 5.69 Å². The molecule has 0 amide bonds. The number of hydrogen-bond acceptors (Lipinski definition) is 7. The van der Waals surface area contributed by atoms with Gasteiger partial charge in [-0.2, -0.15) is 0 Å². The third-order valence-electron chi connectivity index (χ3n) is 5.91. The predicted octanol–water partition coefficient (Wildman–Crippen LogP) is 4.61. The number of carbonyl (C=O) groups is 1. The number of anilines is 1. The summed E-state index contributed by atoms with van der Waals surface area (Å²) in [4.78, 5) is 36.2. The fourth-order valence-corrected chi connectivity index (χ4v) is 4.73. The van der Waals surface area contributed by atoms with Crippen molar-refractivity contribution in [2.45, 2.75) is 0 Å². The molecule has 0 aliphatic carbocycles. The van der Waals surface area contributed by atoms with Crippen LogP contribution in [0.3, 0.4) is 0 Å². The van der Waals surface area contributed by atoms with Crippen molar-refractivity contribution in [2.75, 3.05) is 40.6 Å². The quantitative estimate of drug-likeness (QED) is 0.165. The first kappa shape index (κ1) is 26.9. The Bertz CT molecular complexity index is 1530. The van der Waals surface area contributed by atoms with E-state index in [4.69, 9.17) is 23.7 Å².